The van der Waals surface area contributed by atoms with E-state index in [4.69, 9.17) is 0 Å². The Morgan fingerprint density at radius 3 is 2.65 bits per heavy atom. The van der Waals surface area contributed by atoms with E-state index in [1.807, 2.05) is 13.0 Å². The van der Waals surface area contributed by atoms with Gasteiger partial charge in [0.05, 0.1) is 4.90 Å². The Kier molecular flexibility index (Phi) is 3.54. The number of sulfonamides is 1. The van der Waals surface area contributed by atoms with Gasteiger partial charge in [0.1, 0.15) is 0 Å². The van der Waals surface area contributed by atoms with Gasteiger partial charge in [-0.3, -0.25) is 0 Å². The third-order valence-electron chi connectivity index (χ3n) is 3.32. The summed E-state index contributed by atoms with van der Waals surface area (Å²) in [5.41, 5.74) is 0.965. The van der Waals surface area contributed by atoms with Crippen LogP contribution in [0.4, 0.5) is 0 Å². The van der Waals surface area contributed by atoms with Crippen LogP contribution in [0, 0.1) is 12.8 Å². The van der Waals surface area contributed by atoms with Crippen LogP contribution in [-0.2, 0) is 10.0 Å². The van der Waals surface area contributed by atoms with E-state index < -0.39 is 10.0 Å². The Balaban J connectivity index is 2.14. The number of nitrogens with one attached hydrogen (secondary N) is 1. The molecular formula is C13H19NO2S. The first kappa shape index (κ1) is 12.6. The molecule has 94 valence electrons. The fraction of sp³-hybridized carbons (Fsp3) is 0.538. The molecule has 0 aliphatic heterocycles. The third kappa shape index (κ3) is 3.07. The maximum absolute atomic E-state index is 12.1. The normalized spacial score (nSPS) is 25.1. The maximum atomic E-state index is 12.1. The van der Waals surface area contributed by atoms with E-state index in [0.29, 0.717) is 10.8 Å². The van der Waals surface area contributed by atoms with Crippen molar-refractivity contribution in [1.29, 1.82) is 0 Å². The van der Waals surface area contributed by atoms with Gasteiger partial charge in [0.2, 0.25) is 10.0 Å². The summed E-state index contributed by atoms with van der Waals surface area (Å²) in [4.78, 5) is 0.372. The fourth-order valence-corrected chi connectivity index (χ4v) is 3.77. The lowest BCUT2D eigenvalue weighted by molar-refractivity contribution is 0.538. The molecule has 2 rings (SSSR count). The molecule has 2 atom stereocenters. The van der Waals surface area contributed by atoms with Crippen LogP contribution in [0.1, 0.15) is 31.7 Å². The van der Waals surface area contributed by atoms with Gasteiger partial charge < -0.3 is 0 Å². The number of aryl methyl sites for hydroxylation is 1. The van der Waals surface area contributed by atoms with Crippen LogP contribution in [-0.4, -0.2) is 14.5 Å². The fourth-order valence-electron chi connectivity index (χ4n) is 2.38. The zero-order valence-corrected chi connectivity index (χ0v) is 11.1. The van der Waals surface area contributed by atoms with E-state index in [1.165, 1.54) is 0 Å². The first-order chi connectivity index (χ1) is 7.97. The predicted octanol–water partition coefficient (Wildman–Crippen LogP) is 2.46. The van der Waals surface area contributed by atoms with Gasteiger partial charge in [0.15, 0.2) is 0 Å². The van der Waals surface area contributed by atoms with Crippen LogP contribution in [0.3, 0.4) is 0 Å². The average molecular weight is 253 g/mol. The molecule has 1 fully saturated rings. The molecule has 0 aromatic heterocycles. The second-order valence-corrected chi connectivity index (χ2v) is 6.77. The molecule has 0 bridgehead atoms. The molecule has 0 radical (unpaired) electrons. The van der Waals surface area contributed by atoms with Gasteiger partial charge in [-0.05, 0) is 49.8 Å². The molecule has 0 spiro atoms. The summed E-state index contributed by atoms with van der Waals surface area (Å²) in [5, 5.41) is 0. The summed E-state index contributed by atoms with van der Waals surface area (Å²) in [5.74, 6) is 0.625. The monoisotopic (exact) mass is 253 g/mol. The molecular weight excluding hydrogens is 234 g/mol. The van der Waals surface area contributed by atoms with E-state index >= 15 is 0 Å². The molecule has 17 heavy (non-hydrogen) atoms. The summed E-state index contributed by atoms with van der Waals surface area (Å²) in [6.07, 6.45) is 3.01. The topological polar surface area (TPSA) is 46.2 Å². The van der Waals surface area contributed by atoms with Crippen molar-refractivity contribution >= 4 is 10.0 Å². The van der Waals surface area contributed by atoms with Crippen LogP contribution in [0.25, 0.3) is 0 Å². The van der Waals surface area contributed by atoms with Gasteiger partial charge in [-0.1, -0.05) is 19.1 Å². The minimum Gasteiger partial charge on any atom is -0.208 e. The highest BCUT2D eigenvalue weighted by molar-refractivity contribution is 7.89. The van der Waals surface area contributed by atoms with Crippen molar-refractivity contribution in [3.63, 3.8) is 0 Å². The highest BCUT2D eigenvalue weighted by atomic mass is 32.2. The SMILES string of the molecule is Cc1cccc(S(=O)(=O)NC2CCC(C)C2)c1. The van der Waals surface area contributed by atoms with Gasteiger partial charge >= 0.3 is 0 Å². The lowest BCUT2D eigenvalue weighted by Crippen LogP contribution is -2.32. The van der Waals surface area contributed by atoms with Crippen LogP contribution < -0.4 is 4.72 Å². The minimum absolute atomic E-state index is 0.107. The first-order valence-corrected chi connectivity index (χ1v) is 7.55. The Morgan fingerprint density at radius 2 is 2.06 bits per heavy atom. The van der Waals surface area contributed by atoms with Crippen LogP contribution in [0.5, 0.6) is 0 Å². The van der Waals surface area contributed by atoms with Crippen LogP contribution in [0.15, 0.2) is 29.2 Å². The van der Waals surface area contributed by atoms with Crippen molar-refractivity contribution in [1.82, 2.24) is 4.72 Å². The Bertz CT molecular complexity index is 496. The molecule has 1 N–H and O–H groups in total. The number of hydrogen-bond donors (Lipinski definition) is 1. The first-order valence-electron chi connectivity index (χ1n) is 6.06. The second kappa shape index (κ2) is 4.78. The Hall–Kier alpha value is -0.870. The summed E-state index contributed by atoms with van der Waals surface area (Å²) >= 11 is 0. The highest BCUT2D eigenvalue weighted by Crippen LogP contribution is 2.26. The zero-order valence-electron chi connectivity index (χ0n) is 10.3. The summed E-state index contributed by atoms with van der Waals surface area (Å²) < 4.78 is 27.1. The van der Waals surface area contributed by atoms with Gasteiger partial charge in [-0.15, -0.1) is 0 Å². The zero-order chi connectivity index (χ0) is 12.5. The second-order valence-electron chi connectivity index (χ2n) is 5.05. The third-order valence-corrected chi connectivity index (χ3v) is 4.83. The molecule has 0 amide bonds. The number of hydrogen-bond acceptors (Lipinski definition) is 2. The smallest absolute Gasteiger partial charge is 0.208 e. The summed E-state index contributed by atoms with van der Waals surface area (Å²) in [7, 11) is -3.34. The van der Waals surface area contributed by atoms with Gasteiger partial charge in [0, 0.05) is 6.04 Å². The molecule has 0 saturated heterocycles. The number of rotatable bonds is 3. The number of benzene rings is 1. The molecule has 0 heterocycles. The molecule has 1 aromatic carbocycles. The quantitative estimate of drug-likeness (QED) is 0.899. The van der Waals surface area contributed by atoms with Crippen molar-refractivity contribution < 1.29 is 8.42 Å². The summed E-state index contributed by atoms with van der Waals surface area (Å²) in [6.45, 7) is 4.07. The van der Waals surface area contributed by atoms with E-state index in [2.05, 4.69) is 11.6 Å². The van der Waals surface area contributed by atoms with Gasteiger partial charge in [0.25, 0.3) is 0 Å². The average Bonchev–Trinajstić information content (AvgIpc) is 2.63. The molecule has 4 heteroatoms. The van der Waals surface area contributed by atoms with Crippen LogP contribution >= 0.6 is 0 Å². The van der Waals surface area contributed by atoms with Crippen molar-refractivity contribution in [2.75, 3.05) is 0 Å². The molecule has 1 aromatic rings. The summed E-state index contributed by atoms with van der Waals surface area (Å²) in [6, 6.07) is 7.14. The maximum Gasteiger partial charge on any atom is 0.240 e. The lowest BCUT2D eigenvalue weighted by Gasteiger charge is -2.13. The highest BCUT2D eigenvalue weighted by Gasteiger charge is 2.26. The minimum atomic E-state index is -3.34. The molecule has 1 aliphatic rings. The van der Waals surface area contributed by atoms with E-state index in [-0.39, 0.29) is 6.04 Å². The molecule has 2 unspecified atom stereocenters. The largest absolute Gasteiger partial charge is 0.240 e. The van der Waals surface area contributed by atoms with Crippen molar-refractivity contribution in [3.8, 4) is 0 Å². The Labute approximate surface area is 103 Å². The van der Waals surface area contributed by atoms with Crippen molar-refractivity contribution in [2.45, 2.75) is 44.0 Å². The van der Waals surface area contributed by atoms with Crippen molar-refractivity contribution in [3.05, 3.63) is 29.8 Å². The van der Waals surface area contributed by atoms with E-state index in [0.717, 1.165) is 24.8 Å². The van der Waals surface area contributed by atoms with E-state index in [9.17, 15) is 8.42 Å². The van der Waals surface area contributed by atoms with Gasteiger partial charge in [-0.25, -0.2) is 13.1 Å². The van der Waals surface area contributed by atoms with E-state index in [1.54, 1.807) is 18.2 Å². The molecule has 1 aliphatic carbocycles. The standard InChI is InChI=1S/C13H19NO2S/c1-10-4-3-5-13(9-10)17(15,16)14-12-7-6-11(2)8-12/h3-5,9,11-12,14H,6-8H2,1-2H3. The molecule has 1 saturated carbocycles. The van der Waals surface area contributed by atoms with Crippen molar-refractivity contribution in [2.24, 2.45) is 5.92 Å². The molecule has 3 nitrogen and oxygen atoms in total. The lowest BCUT2D eigenvalue weighted by atomic mass is 10.1. The predicted molar refractivity (Wildman–Crippen MR) is 68.3 cm³/mol. The van der Waals surface area contributed by atoms with Crippen LogP contribution in [0.2, 0.25) is 0 Å². The van der Waals surface area contributed by atoms with Gasteiger partial charge in [-0.2, -0.15) is 0 Å². The Morgan fingerprint density at radius 1 is 1.29 bits per heavy atom.